The van der Waals surface area contributed by atoms with E-state index in [1.165, 1.54) is 5.56 Å². The monoisotopic (exact) mass is 326 g/mol. The van der Waals surface area contributed by atoms with Crippen LogP contribution in [0.4, 0.5) is 11.8 Å². The zero-order chi connectivity index (χ0) is 16.8. The summed E-state index contributed by atoms with van der Waals surface area (Å²) in [6.45, 7) is 3.92. The van der Waals surface area contributed by atoms with Gasteiger partial charge in [-0.3, -0.25) is 9.78 Å². The van der Waals surface area contributed by atoms with E-state index in [0.29, 0.717) is 0 Å². The summed E-state index contributed by atoms with van der Waals surface area (Å²) in [7, 11) is 2.00. The van der Waals surface area contributed by atoms with Gasteiger partial charge in [0.05, 0.1) is 0 Å². The van der Waals surface area contributed by atoms with Crippen molar-refractivity contribution in [1.29, 1.82) is 0 Å². The van der Waals surface area contributed by atoms with Crippen molar-refractivity contribution in [2.45, 2.75) is 6.42 Å². The standard InChI is InChI=1S/C17H22N6O/c1-21(9-5-15-2-6-18-7-3-15)17-19-8-4-16(20-17)23-12-10-22(14-24)11-13-23/h2-4,6-8,14H,5,9-13H2,1H3. The molecular weight excluding hydrogens is 304 g/mol. The minimum Gasteiger partial charge on any atom is -0.353 e. The lowest BCUT2D eigenvalue weighted by Crippen LogP contribution is -2.46. The van der Waals surface area contributed by atoms with Crippen LogP contribution in [0.15, 0.2) is 36.8 Å². The van der Waals surface area contributed by atoms with Gasteiger partial charge in [-0.05, 0) is 30.2 Å². The minimum absolute atomic E-state index is 0.722. The van der Waals surface area contributed by atoms with E-state index in [9.17, 15) is 4.79 Å². The highest BCUT2D eigenvalue weighted by molar-refractivity contribution is 5.49. The molecule has 1 aliphatic heterocycles. The Morgan fingerprint density at radius 2 is 1.88 bits per heavy atom. The van der Waals surface area contributed by atoms with Crippen molar-refractivity contribution >= 4 is 18.2 Å². The fraction of sp³-hybridized carbons (Fsp3) is 0.412. The molecule has 0 saturated carbocycles. The molecule has 0 spiro atoms. The fourth-order valence-electron chi connectivity index (χ4n) is 2.70. The Kier molecular flexibility index (Phi) is 5.20. The van der Waals surface area contributed by atoms with Crippen molar-refractivity contribution in [3.8, 4) is 0 Å². The zero-order valence-electron chi connectivity index (χ0n) is 13.9. The van der Waals surface area contributed by atoms with Gasteiger partial charge >= 0.3 is 0 Å². The second kappa shape index (κ2) is 7.72. The molecule has 0 unspecified atom stereocenters. The van der Waals surface area contributed by atoms with Gasteiger partial charge in [-0.15, -0.1) is 0 Å². The minimum atomic E-state index is 0.722. The van der Waals surface area contributed by atoms with Gasteiger partial charge < -0.3 is 14.7 Å². The molecule has 3 rings (SSSR count). The average Bonchev–Trinajstić information content (AvgIpc) is 2.67. The number of rotatable bonds is 6. The van der Waals surface area contributed by atoms with Gasteiger partial charge in [-0.2, -0.15) is 4.98 Å². The van der Waals surface area contributed by atoms with Crippen molar-refractivity contribution in [1.82, 2.24) is 19.9 Å². The maximum absolute atomic E-state index is 10.8. The van der Waals surface area contributed by atoms with E-state index in [2.05, 4.69) is 24.8 Å². The lowest BCUT2D eigenvalue weighted by Gasteiger charge is -2.33. The second-order valence-corrected chi connectivity index (χ2v) is 5.87. The molecule has 0 radical (unpaired) electrons. The van der Waals surface area contributed by atoms with Crippen LogP contribution in [-0.2, 0) is 11.2 Å². The van der Waals surface area contributed by atoms with Crippen molar-refractivity contribution in [2.24, 2.45) is 0 Å². The number of likely N-dealkylation sites (N-methyl/N-ethyl adjacent to an activating group) is 1. The molecule has 1 fully saturated rings. The molecule has 2 aromatic rings. The van der Waals surface area contributed by atoms with E-state index < -0.39 is 0 Å². The lowest BCUT2D eigenvalue weighted by molar-refractivity contribution is -0.118. The molecule has 1 amide bonds. The predicted molar refractivity (Wildman–Crippen MR) is 93.1 cm³/mol. The average molecular weight is 326 g/mol. The number of pyridine rings is 1. The van der Waals surface area contributed by atoms with E-state index in [-0.39, 0.29) is 0 Å². The SMILES string of the molecule is CN(CCc1ccncc1)c1nccc(N2CCN(C=O)CC2)n1. The molecule has 126 valence electrons. The Morgan fingerprint density at radius 1 is 1.12 bits per heavy atom. The highest BCUT2D eigenvalue weighted by Crippen LogP contribution is 2.16. The van der Waals surface area contributed by atoms with E-state index in [4.69, 9.17) is 0 Å². The van der Waals surface area contributed by atoms with Crippen LogP contribution in [0, 0.1) is 0 Å². The van der Waals surface area contributed by atoms with Gasteiger partial charge in [0.2, 0.25) is 12.4 Å². The molecule has 0 N–H and O–H groups in total. The van der Waals surface area contributed by atoms with Crippen LogP contribution in [0.2, 0.25) is 0 Å². The molecule has 0 aromatic carbocycles. The topological polar surface area (TPSA) is 65.5 Å². The normalized spacial score (nSPS) is 14.5. The maximum atomic E-state index is 10.8. The van der Waals surface area contributed by atoms with Crippen LogP contribution in [0.25, 0.3) is 0 Å². The summed E-state index contributed by atoms with van der Waals surface area (Å²) in [6, 6.07) is 5.98. The Hall–Kier alpha value is -2.70. The molecule has 0 atom stereocenters. The summed E-state index contributed by atoms with van der Waals surface area (Å²) < 4.78 is 0. The third-order valence-corrected chi connectivity index (χ3v) is 4.24. The molecule has 1 aliphatic rings. The molecule has 2 aromatic heterocycles. The quantitative estimate of drug-likeness (QED) is 0.733. The summed E-state index contributed by atoms with van der Waals surface area (Å²) >= 11 is 0. The smallest absolute Gasteiger partial charge is 0.227 e. The van der Waals surface area contributed by atoms with Crippen molar-refractivity contribution < 1.29 is 4.79 Å². The number of carbonyl (C=O) groups is 1. The van der Waals surface area contributed by atoms with Crippen LogP contribution >= 0.6 is 0 Å². The first kappa shape index (κ1) is 16.2. The predicted octanol–water partition coefficient (Wildman–Crippen LogP) is 0.829. The molecular formula is C17H22N6O. The van der Waals surface area contributed by atoms with Crippen LogP contribution < -0.4 is 9.80 Å². The second-order valence-electron chi connectivity index (χ2n) is 5.87. The number of piperazine rings is 1. The number of nitrogens with zero attached hydrogens (tertiary/aromatic N) is 6. The van der Waals surface area contributed by atoms with Gasteiger partial charge in [-0.25, -0.2) is 4.98 Å². The lowest BCUT2D eigenvalue weighted by atomic mass is 10.2. The number of hydrogen-bond acceptors (Lipinski definition) is 6. The Labute approximate surface area is 142 Å². The summed E-state index contributed by atoms with van der Waals surface area (Å²) in [5, 5.41) is 0. The number of carbonyl (C=O) groups excluding carboxylic acids is 1. The van der Waals surface area contributed by atoms with Crippen molar-refractivity contribution in [2.75, 3.05) is 49.6 Å². The number of anilines is 2. The van der Waals surface area contributed by atoms with Gasteiger partial charge in [0.15, 0.2) is 0 Å². The van der Waals surface area contributed by atoms with Crippen molar-refractivity contribution in [3.63, 3.8) is 0 Å². The third kappa shape index (κ3) is 3.98. The molecule has 0 bridgehead atoms. The fourth-order valence-corrected chi connectivity index (χ4v) is 2.70. The highest BCUT2D eigenvalue weighted by Gasteiger charge is 2.17. The van der Waals surface area contributed by atoms with E-state index in [0.717, 1.165) is 57.3 Å². The van der Waals surface area contributed by atoms with Crippen LogP contribution in [-0.4, -0.2) is 66.0 Å². The first-order chi connectivity index (χ1) is 11.8. The molecule has 7 nitrogen and oxygen atoms in total. The summed E-state index contributed by atoms with van der Waals surface area (Å²) in [5.74, 6) is 1.64. The Morgan fingerprint density at radius 3 is 2.58 bits per heavy atom. The molecule has 0 aliphatic carbocycles. The Bertz CT molecular complexity index is 657. The molecule has 3 heterocycles. The number of hydrogen-bond donors (Lipinski definition) is 0. The van der Waals surface area contributed by atoms with E-state index >= 15 is 0 Å². The zero-order valence-corrected chi connectivity index (χ0v) is 13.9. The molecule has 1 saturated heterocycles. The number of amides is 1. The summed E-state index contributed by atoms with van der Waals surface area (Å²) in [5.41, 5.74) is 1.25. The van der Waals surface area contributed by atoms with Crippen molar-refractivity contribution in [3.05, 3.63) is 42.4 Å². The van der Waals surface area contributed by atoms with Gasteiger partial charge in [0.1, 0.15) is 5.82 Å². The van der Waals surface area contributed by atoms with Gasteiger partial charge in [0.25, 0.3) is 0 Å². The maximum Gasteiger partial charge on any atom is 0.227 e. The first-order valence-electron chi connectivity index (χ1n) is 8.13. The summed E-state index contributed by atoms with van der Waals surface area (Å²) in [4.78, 5) is 30.0. The Balaban J connectivity index is 1.61. The van der Waals surface area contributed by atoms with Crippen LogP contribution in [0.3, 0.4) is 0 Å². The third-order valence-electron chi connectivity index (χ3n) is 4.24. The molecule has 7 heteroatoms. The van der Waals surface area contributed by atoms with E-state index in [1.807, 2.05) is 37.6 Å². The van der Waals surface area contributed by atoms with Gasteiger partial charge in [0, 0.05) is 58.4 Å². The highest BCUT2D eigenvalue weighted by atomic mass is 16.1. The molecule has 24 heavy (non-hydrogen) atoms. The van der Waals surface area contributed by atoms with E-state index in [1.54, 1.807) is 11.1 Å². The summed E-state index contributed by atoms with van der Waals surface area (Å²) in [6.07, 6.45) is 7.25. The van der Waals surface area contributed by atoms with Crippen LogP contribution in [0.5, 0.6) is 0 Å². The van der Waals surface area contributed by atoms with Gasteiger partial charge in [-0.1, -0.05) is 0 Å². The number of aromatic nitrogens is 3. The van der Waals surface area contributed by atoms with Crippen LogP contribution in [0.1, 0.15) is 5.56 Å². The first-order valence-corrected chi connectivity index (χ1v) is 8.13. The largest absolute Gasteiger partial charge is 0.353 e.